The van der Waals surface area contributed by atoms with Crippen LogP contribution in [0.2, 0.25) is 5.02 Å². The van der Waals surface area contributed by atoms with Gasteiger partial charge in [-0.1, -0.05) is 44.5 Å². The Hall–Kier alpha value is -0.640. The van der Waals surface area contributed by atoms with Crippen LogP contribution in [-0.4, -0.2) is 30.1 Å². The highest BCUT2D eigenvalue weighted by molar-refractivity contribution is 6.31. The standard InChI is InChI=1S/C17H26ClFN2/c1-12-8-9-20-15(17(2,3)4)11-21(12)10-13-6-5-7-14(19)16(13)18/h5-7,12,15,20H,8-11H2,1-4H3. The lowest BCUT2D eigenvalue weighted by molar-refractivity contribution is 0.157. The van der Waals surface area contributed by atoms with E-state index in [1.54, 1.807) is 6.07 Å². The van der Waals surface area contributed by atoms with Gasteiger partial charge in [-0.2, -0.15) is 0 Å². The van der Waals surface area contributed by atoms with E-state index in [0.717, 1.165) is 25.1 Å². The molecule has 0 bridgehead atoms. The number of hydrogen-bond acceptors (Lipinski definition) is 2. The summed E-state index contributed by atoms with van der Waals surface area (Å²) in [5.41, 5.74) is 1.08. The highest BCUT2D eigenvalue weighted by atomic mass is 35.5. The molecule has 1 aliphatic rings. The molecule has 2 atom stereocenters. The van der Waals surface area contributed by atoms with E-state index in [1.165, 1.54) is 6.07 Å². The normalized spacial score (nSPS) is 24.9. The Bertz CT molecular complexity index is 484. The summed E-state index contributed by atoms with van der Waals surface area (Å²) in [6, 6.07) is 5.96. The molecule has 2 nitrogen and oxygen atoms in total. The van der Waals surface area contributed by atoms with Gasteiger partial charge in [0.2, 0.25) is 0 Å². The highest BCUT2D eigenvalue weighted by Gasteiger charge is 2.30. The molecule has 0 aliphatic carbocycles. The van der Waals surface area contributed by atoms with Crippen molar-refractivity contribution in [3.63, 3.8) is 0 Å². The molecule has 1 aromatic rings. The number of benzene rings is 1. The van der Waals surface area contributed by atoms with Crippen molar-refractivity contribution in [3.05, 3.63) is 34.6 Å². The molecule has 118 valence electrons. The van der Waals surface area contributed by atoms with Crippen LogP contribution in [0.5, 0.6) is 0 Å². The van der Waals surface area contributed by atoms with Crippen molar-refractivity contribution in [1.82, 2.24) is 10.2 Å². The van der Waals surface area contributed by atoms with E-state index in [9.17, 15) is 4.39 Å². The average molecular weight is 313 g/mol. The molecule has 4 heteroatoms. The summed E-state index contributed by atoms with van der Waals surface area (Å²) in [6.45, 7) is 11.7. The molecule has 21 heavy (non-hydrogen) atoms. The zero-order chi connectivity index (χ0) is 15.6. The van der Waals surface area contributed by atoms with Crippen LogP contribution >= 0.6 is 11.6 Å². The molecule has 1 aliphatic heterocycles. The van der Waals surface area contributed by atoms with Gasteiger partial charge in [-0.3, -0.25) is 4.90 Å². The molecule has 1 N–H and O–H groups in total. The molecule has 0 amide bonds. The van der Waals surface area contributed by atoms with Crippen LogP contribution in [0.3, 0.4) is 0 Å². The van der Waals surface area contributed by atoms with Crippen molar-refractivity contribution in [2.45, 2.75) is 52.7 Å². The van der Waals surface area contributed by atoms with Gasteiger partial charge in [0.15, 0.2) is 0 Å². The molecule has 1 aromatic carbocycles. The minimum absolute atomic E-state index is 0.202. The molecule has 1 fully saturated rings. The molecule has 1 saturated heterocycles. The van der Waals surface area contributed by atoms with Crippen LogP contribution in [0.15, 0.2) is 18.2 Å². The van der Waals surface area contributed by atoms with E-state index in [-0.39, 0.29) is 16.3 Å². The van der Waals surface area contributed by atoms with Crippen LogP contribution in [0.4, 0.5) is 4.39 Å². The second-order valence-corrected chi connectivity index (χ2v) is 7.53. The molecule has 1 heterocycles. The van der Waals surface area contributed by atoms with Gasteiger partial charge in [-0.25, -0.2) is 4.39 Å². The molecule has 0 aromatic heterocycles. The van der Waals surface area contributed by atoms with E-state index in [4.69, 9.17) is 11.6 Å². The zero-order valence-electron chi connectivity index (χ0n) is 13.4. The summed E-state index contributed by atoms with van der Waals surface area (Å²) in [5.74, 6) is -0.331. The topological polar surface area (TPSA) is 15.3 Å². The quantitative estimate of drug-likeness (QED) is 0.885. The lowest BCUT2D eigenvalue weighted by Crippen LogP contribution is -2.47. The molecule has 0 spiro atoms. The number of nitrogens with one attached hydrogen (secondary N) is 1. The van der Waals surface area contributed by atoms with E-state index >= 15 is 0 Å². The summed E-state index contributed by atoms with van der Waals surface area (Å²) >= 11 is 6.11. The van der Waals surface area contributed by atoms with Gasteiger partial charge in [-0.15, -0.1) is 0 Å². The van der Waals surface area contributed by atoms with Crippen molar-refractivity contribution in [1.29, 1.82) is 0 Å². The zero-order valence-corrected chi connectivity index (χ0v) is 14.2. The number of halogens is 2. The Morgan fingerprint density at radius 1 is 1.38 bits per heavy atom. The first-order valence-corrected chi connectivity index (χ1v) is 8.07. The SMILES string of the molecule is CC1CCNC(C(C)(C)C)CN1Cc1cccc(F)c1Cl. The van der Waals surface area contributed by atoms with E-state index in [2.05, 4.69) is 37.9 Å². The third-order valence-electron chi connectivity index (χ3n) is 4.44. The van der Waals surface area contributed by atoms with Crippen LogP contribution in [0.25, 0.3) is 0 Å². The van der Waals surface area contributed by atoms with Gasteiger partial charge in [0.05, 0.1) is 5.02 Å². The average Bonchev–Trinajstić information content (AvgIpc) is 2.57. The predicted molar refractivity (Wildman–Crippen MR) is 87.1 cm³/mol. The van der Waals surface area contributed by atoms with Crippen LogP contribution < -0.4 is 5.32 Å². The largest absolute Gasteiger partial charge is 0.312 e. The molecule has 0 saturated carbocycles. The Morgan fingerprint density at radius 2 is 2.10 bits per heavy atom. The first kappa shape index (κ1) is 16.7. The Kier molecular flexibility index (Phi) is 5.29. The predicted octanol–water partition coefficient (Wildman–Crippen LogP) is 4.08. The Balaban J connectivity index is 2.17. The first-order valence-electron chi connectivity index (χ1n) is 7.69. The number of hydrogen-bond donors (Lipinski definition) is 1. The van der Waals surface area contributed by atoms with Gasteiger partial charge in [-0.05, 0) is 36.9 Å². The minimum Gasteiger partial charge on any atom is -0.312 e. The van der Waals surface area contributed by atoms with Crippen molar-refractivity contribution in [3.8, 4) is 0 Å². The van der Waals surface area contributed by atoms with Crippen LogP contribution in [0, 0.1) is 11.2 Å². The molecule has 2 rings (SSSR count). The lowest BCUT2D eigenvalue weighted by atomic mass is 9.86. The smallest absolute Gasteiger partial charge is 0.142 e. The van der Waals surface area contributed by atoms with Crippen LogP contribution in [0.1, 0.15) is 39.7 Å². The monoisotopic (exact) mass is 312 g/mol. The fourth-order valence-electron chi connectivity index (χ4n) is 2.82. The van der Waals surface area contributed by atoms with E-state index < -0.39 is 0 Å². The second kappa shape index (κ2) is 6.64. The van der Waals surface area contributed by atoms with E-state index in [1.807, 2.05) is 6.07 Å². The second-order valence-electron chi connectivity index (χ2n) is 7.15. The van der Waals surface area contributed by atoms with Crippen molar-refractivity contribution < 1.29 is 4.39 Å². The minimum atomic E-state index is -0.331. The van der Waals surface area contributed by atoms with E-state index in [0.29, 0.717) is 18.6 Å². The lowest BCUT2D eigenvalue weighted by Gasteiger charge is -2.35. The van der Waals surface area contributed by atoms with Crippen molar-refractivity contribution >= 4 is 11.6 Å². The molecular weight excluding hydrogens is 287 g/mol. The summed E-state index contributed by atoms with van der Waals surface area (Å²) in [4.78, 5) is 2.41. The van der Waals surface area contributed by atoms with Crippen LogP contribution in [-0.2, 0) is 6.54 Å². The highest BCUT2D eigenvalue weighted by Crippen LogP contribution is 2.26. The Morgan fingerprint density at radius 3 is 2.76 bits per heavy atom. The fourth-order valence-corrected chi connectivity index (χ4v) is 3.00. The summed E-state index contributed by atoms with van der Waals surface area (Å²) in [6.07, 6.45) is 1.10. The fraction of sp³-hybridized carbons (Fsp3) is 0.647. The molecule has 0 radical (unpaired) electrons. The van der Waals surface area contributed by atoms with Gasteiger partial charge < -0.3 is 5.32 Å². The summed E-state index contributed by atoms with van der Waals surface area (Å²) < 4.78 is 13.6. The third kappa shape index (κ3) is 4.18. The maximum absolute atomic E-state index is 13.6. The first-order chi connectivity index (χ1) is 9.79. The molecular formula is C17H26ClFN2. The number of rotatable bonds is 2. The van der Waals surface area contributed by atoms with Gasteiger partial charge in [0.25, 0.3) is 0 Å². The van der Waals surface area contributed by atoms with Gasteiger partial charge >= 0.3 is 0 Å². The third-order valence-corrected chi connectivity index (χ3v) is 4.87. The maximum atomic E-state index is 13.6. The van der Waals surface area contributed by atoms with Crippen molar-refractivity contribution in [2.75, 3.05) is 13.1 Å². The summed E-state index contributed by atoms with van der Waals surface area (Å²) in [7, 11) is 0. The maximum Gasteiger partial charge on any atom is 0.142 e. The Labute approximate surface area is 132 Å². The van der Waals surface area contributed by atoms with Gasteiger partial charge in [0, 0.05) is 25.2 Å². The van der Waals surface area contributed by atoms with Crippen molar-refractivity contribution in [2.24, 2.45) is 5.41 Å². The number of nitrogens with zero attached hydrogens (tertiary/aromatic N) is 1. The summed E-state index contributed by atoms with van der Waals surface area (Å²) in [5, 5.41) is 3.90. The van der Waals surface area contributed by atoms with Gasteiger partial charge in [0.1, 0.15) is 5.82 Å². The molecule has 2 unspecified atom stereocenters.